The number of rotatable bonds is 26. The molecule has 0 spiro atoms. The van der Waals surface area contributed by atoms with Crippen LogP contribution in [0.2, 0.25) is 0 Å². The van der Waals surface area contributed by atoms with Gasteiger partial charge in [-0.1, -0.05) is 116 Å². The lowest BCUT2D eigenvalue weighted by molar-refractivity contribution is -0.341. The molecule has 0 fully saturated rings. The maximum Gasteiger partial charge on any atom is 0.0596 e. The fourth-order valence-corrected chi connectivity index (χ4v) is 4.29. The summed E-state index contributed by atoms with van der Waals surface area (Å²) < 4.78 is 14.5. The zero-order chi connectivity index (χ0) is 26.5. The van der Waals surface area contributed by atoms with E-state index in [0.29, 0.717) is 26.1 Å². The minimum atomic E-state index is -4.76. The standard InChI is InChI=1S/C20H43O4P.C6H15NO3/c1-2-3-4-5-6-7-8-9-10-11-12-13-14-15-16-17-18-19-20-24-25(21,22)23;8-4-1-7(2-5-9)3-6-10/h2-20H2,1H3,(H2,21,22,23);8-10H,1-6H2/p-2. The van der Waals surface area contributed by atoms with Crippen LogP contribution in [0.15, 0.2) is 0 Å². The Hall–Kier alpha value is -0.0500. The number of unbranched alkanes of at least 4 members (excludes halogenated alkanes) is 17. The molecule has 0 aliphatic carbocycles. The Labute approximate surface area is 215 Å². The highest BCUT2D eigenvalue weighted by molar-refractivity contribution is 7.43. The van der Waals surface area contributed by atoms with Crippen LogP contribution in [-0.2, 0) is 9.09 Å². The van der Waals surface area contributed by atoms with E-state index in [9.17, 15) is 14.4 Å². The highest BCUT2D eigenvalue weighted by atomic mass is 31.2. The highest BCUT2D eigenvalue weighted by Crippen LogP contribution is 2.24. The normalized spacial score (nSPS) is 11.6. The molecule has 0 atom stereocenters. The molecule has 214 valence electrons. The van der Waals surface area contributed by atoms with Crippen molar-refractivity contribution in [2.45, 2.75) is 122 Å². The number of hydrogen-bond donors (Lipinski definition) is 3. The van der Waals surface area contributed by atoms with E-state index in [1.54, 1.807) is 4.90 Å². The third-order valence-electron chi connectivity index (χ3n) is 6.00. The van der Waals surface area contributed by atoms with Gasteiger partial charge in [0.05, 0.1) is 34.3 Å². The zero-order valence-corrected chi connectivity index (χ0v) is 23.4. The Morgan fingerprint density at radius 1 is 0.571 bits per heavy atom. The lowest BCUT2D eigenvalue weighted by atomic mass is 10.0. The van der Waals surface area contributed by atoms with E-state index in [2.05, 4.69) is 11.4 Å². The molecule has 0 aliphatic heterocycles. The van der Waals surface area contributed by atoms with E-state index < -0.39 is 7.82 Å². The second-order valence-corrected chi connectivity index (χ2v) is 10.5. The summed E-state index contributed by atoms with van der Waals surface area (Å²) in [6.45, 7) is 4.07. The summed E-state index contributed by atoms with van der Waals surface area (Å²) in [4.78, 5) is 22.3. The van der Waals surface area contributed by atoms with Crippen LogP contribution in [0.1, 0.15) is 122 Å². The van der Waals surface area contributed by atoms with E-state index in [0.717, 1.165) is 12.8 Å². The lowest BCUT2D eigenvalue weighted by Crippen LogP contribution is -2.32. The number of phosphoric ester groups is 1. The van der Waals surface area contributed by atoms with Gasteiger partial charge in [-0.3, -0.25) is 4.90 Å². The molecule has 0 unspecified atom stereocenters. The maximum absolute atomic E-state index is 10.3. The molecule has 0 radical (unpaired) electrons. The Balaban J connectivity index is 0. The van der Waals surface area contributed by atoms with Gasteiger partial charge in [-0.25, -0.2) is 0 Å². The molecular weight excluding hydrogens is 469 g/mol. The largest absolute Gasteiger partial charge is 0.790 e. The Kier molecular flexibility index (Phi) is 32.0. The first-order valence-electron chi connectivity index (χ1n) is 14.1. The average Bonchev–Trinajstić information content (AvgIpc) is 2.81. The van der Waals surface area contributed by atoms with Crippen molar-refractivity contribution in [1.82, 2.24) is 4.90 Å². The van der Waals surface area contributed by atoms with Gasteiger partial charge < -0.3 is 34.2 Å². The monoisotopic (exact) mass is 525 g/mol. The summed E-state index contributed by atoms with van der Waals surface area (Å²) in [5.74, 6) is 0. The molecule has 0 aromatic heterocycles. The van der Waals surface area contributed by atoms with Crippen LogP contribution < -0.4 is 9.79 Å². The molecule has 35 heavy (non-hydrogen) atoms. The number of nitrogens with zero attached hydrogens (tertiary/aromatic N) is 1. The predicted octanol–water partition coefficient (Wildman–Crippen LogP) is 4.14. The maximum atomic E-state index is 10.3. The van der Waals surface area contributed by atoms with Crippen LogP contribution in [0.3, 0.4) is 0 Å². The van der Waals surface area contributed by atoms with Crippen LogP contribution in [0.5, 0.6) is 0 Å². The van der Waals surface area contributed by atoms with Crippen molar-refractivity contribution in [3.05, 3.63) is 0 Å². The van der Waals surface area contributed by atoms with E-state index >= 15 is 0 Å². The molecule has 0 aromatic rings. The van der Waals surface area contributed by atoms with E-state index in [4.69, 9.17) is 15.3 Å². The minimum absolute atomic E-state index is 0.0447. The number of phosphoric acid groups is 1. The van der Waals surface area contributed by atoms with Gasteiger partial charge >= 0.3 is 0 Å². The van der Waals surface area contributed by atoms with Gasteiger partial charge in [-0.2, -0.15) is 0 Å². The molecule has 0 saturated carbocycles. The van der Waals surface area contributed by atoms with Crippen LogP contribution >= 0.6 is 7.82 Å². The Bertz CT molecular complexity index is 424. The van der Waals surface area contributed by atoms with Crippen LogP contribution in [0.4, 0.5) is 0 Å². The van der Waals surface area contributed by atoms with Crippen molar-refractivity contribution in [3.63, 3.8) is 0 Å². The quantitative estimate of drug-likeness (QED) is 0.113. The van der Waals surface area contributed by atoms with E-state index in [1.165, 1.54) is 96.3 Å². The topological polar surface area (TPSA) is 136 Å². The molecule has 9 heteroatoms. The Morgan fingerprint density at radius 2 is 0.857 bits per heavy atom. The van der Waals surface area contributed by atoms with Gasteiger partial charge in [0, 0.05) is 19.6 Å². The van der Waals surface area contributed by atoms with Gasteiger partial charge in [0.2, 0.25) is 0 Å². The van der Waals surface area contributed by atoms with Gasteiger partial charge in [-0.15, -0.1) is 0 Å². The number of hydrogen-bond acceptors (Lipinski definition) is 8. The first-order chi connectivity index (χ1) is 16.9. The van der Waals surface area contributed by atoms with Crippen LogP contribution in [0, 0.1) is 0 Å². The van der Waals surface area contributed by atoms with Gasteiger partial charge in [0.15, 0.2) is 0 Å². The lowest BCUT2D eigenvalue weighted by Gasteiger charge is -2.28. The van der Waals surface area contributed by atoms with E-state index in [1.807, 2.05) is 0 Å². The number of aliphatic hydroxyl groups excluding tert-OH is 3. The van der Waals surface area contributed by atoms with Gasteiger partial charge in [-0.05, 0) is 6.42 Å². The first kappa shape index (κ1) is 37.1. The molecule has 0 heterocycles. The van der Waals surface area contributed by atoms with Crippen molar-refractivity contribution < 1.29 is 34.2 Å². The van der Waals surface area contributed by atoms with Crippen molar-refractivity contribution >= 4 is 7.82 Å². The van der Waals surface area contributed by atoms with Gasteiger partial charge in [0.25, 0.3) is 0 Å². The molecule has 0 aliphatic rings. The van der Waals surface area contributed by atoms with Crippen molar-refractivity contribution in [2.75, 3.05) is 46.1 Å². The SMILES string of the molecule is CCCCCCCCCCCCCCCCCCCCOP(=O)([O-])[O-].OCCN(CCO)CCO. The fourth-order valence-electron chi connectivity index (χ4n) is 3.94. The second kappa shape index (κ2) is 30.2. The molecule has 0 saturated heterocycles. The van der Waals surface area contributed by atoms with Crippen molar-refractivity contribution in [2.24, 2.45) is 0 Å². The van der Waals surface area contributed by atoms with Crippen LogP contribution in [-0.4, -0.2) is 66.3 Å². The van der Waals surface area contributed by atoms with Crippen LogP contribution in [0.25, 0.3) is 0 Å². The molecule has 0 rings (SSSR count). The molecule has 0 amide bonds. The highest BCUT2D eigenvalue weighted by Gasteiger charge is 2.00. The summed E-state index contributed by atoms with van der Waals surface area (Å²) in [6.07, 6.45) is 23.3. The first-order valence-corrected chi connectivity index (χ1v) is 15.6. The Morgan fingerprint density at radius 3 is 1.11 bits per heavy atom. The smallest absolute Gasteiger partial charge is 0.0596 e. The third kappa shape index (κ3) is 36.2. The third-order valence-corrected chi connectivity index (χ3v) is 6.49. The summed E-state index contributed by atoms with van der Waals surface area (Å²) in [5, 5.41) is 25.5. The summed E-state index contributed by atoms with van der Waals surface area (Å²) >= 11 is 0. The second-order valence-electron chi connectivity index (χ2n) is 9.30. The summed E-state index contributed by atoms with van der Waals surface area (Å²) in [6, 6.07) is 0. The molecular formula is C26H56NO7P-2. The van der Waals surface area contributed by atoms with Gasteiger partial charge in [0.1, 0.15) is 0 Å². The molecule has 0 aromatic carbocycles. The van der Waals surface area contributed by atoms with Crippen molar-refractivity contribution in [3.8, 4) is 0 Å². The molecule has 3 N–H and O–H groups in total. The predicted molar refractivity (Wildman–Crippen MR) is 140 cm³/mol. The van der Waals surface area contributed by atoms with E-state index in [-0.39, 0.29) is 26.4 Å². The fraction of sp³-hybridized carbons (Fsp3) is 1.00. The average molecular weight is 526 g/mol. The molecule has 0 bridgehead atoms. The van der Waals surface area contributed by atoms with Crippen molar-refractivity contribution in [1.29, 1.82) is 0 Å². The molecule has 8 nitrogen and oxygen atoms in total. The minimum Gasteiger partial charge on any atom is -0.790 e. The zero-order valence-electron chi connectivity index (χ0n) is 22.5. The summed E-state index contributed by atoms with van der Waals surface area (Å²) in [7, 11) is -4.76. The number of aliphatic hydroxyl groups is 3. The summed E-state index contributed by atoms with van der Waals surface area (Å²) in [5.41, 5.74) is 0.